The van der Waals surface area contributed by atoms with Gasteiger partial charge in [0.25, 0.3) is 10.1 Å². The molecule has 1 rings (SSSR count). The van der Waals surface area contributed by atoms with Crippen LogP contribution in [0.15, 0.2) is 29.2 Å². The average Bonchev–Trinajstić information content (AvgIpc) is 1.99. The number of halogens is 4. The Bertz CT molecular complexity index is 457. The van der Waals surface area contributed by atoms with Gasteiger partial charge in [0.15, 0.2) is 0 Å². The van der Waals surface area contributed by atoms with Gasteiger partial charge >= 0.3 is 6.36 Å². The first-order valence-corrected chi connectivity index (χ1v) is 4.96. The zero-order chi connectivity index (χ0) is 11.7. The van der Waals surface area contributed by atoms with Gasteiger partial charge in [-0.1, -0.05) is 6.07 Å². The number of rotatable bonds is 2. The molecule has 16 heavy (non-hydrogen) atoms. The highest BCUT2D eigenvalue weighted by Crippen LogP contribution is 2.24. The van der Waals surface area contributed by atoms with Crippen LogP contribution in [0.4, 0.5) is 13.2 Å². The molecule has 0 aliphatic heterocycles. The lowest BCUT2D eigenvalue weighted by molar-refractivity contribution is -0.274. The average molecular weight is 279 g/mol. The van der Waals surface area contributed by atoms with Gasteiger partial charge in [-0.05, 0) is 12.1 Å². The van der Waals surface area contributed by atoms with Gasteiger partial charge in [0.1, 0.15) is 5.75 Å². The molecule has 0 radical (unpaired) electrons. The van der Waals surface area contributed by atoms with Crippen LogP contribution in [0.3, 0.4) is 0 Å². The molecule has 0 saturated carbocycles. The summed E-state index contributed by atoms with van der Waals surface area (Å²) in [6.45, 7) is 0. The van der Waals surface area contributed by atoms with Crippen LogP contribution in [0, 0.1) is 0 Å². The smallest absolute Gasteiger partial charge is 0.406 e. The number of ether oxygens (including phenoxy) is 1. The highest BCUT2D eigenvalue weighted by molar-refractivity contribution is 7.85. The summed E-state index contributed by atoms with van der Waals surface area (Å²) in [5, 5.41) is 0. The highest BCUT2D eigenvalue weighted by Gasteiger charge is 2.31. The van der Waals surface area contributed by atoms with E-state index in [1.807, 2.05) is 0 Å². The maximum absolute atomic E-state index is 11.7. The van der Waals surface area contributed by atoms with E-state index in [1.165, 1.54) is 0 Å². The molecule has 0 aromatic heterocycles. The van der Waals surface area contributed by atoms with Crippen LogP contribution in [0.25, 0.3) is 0 Å². The summed E-state index contributed by atoms with van der Waals surface area (Å²) >= 11 is 0. The largest absolute Gasteiger partial charge is 0.573 e. The van der Waals surface area contributed by atoms with Crippen LogP contribution in [0.1, 0.15) is 0 Å². The van der Waals surface area contributed by atoms with Crippen molar-refractivity contribution in [3.63, 3.8) is 0 Å². The third-order valence-corrected chi connectivity index (χ3v) is 2.19. The van der Waals surface area contributed by atoms with Crippen LogP contribution in [-0.4, -0.2) is 19.3 Å². The molecule has 0 aliphatic carbocycles. The number of hydrogen-bond donors (Lipinski definition) is 1. The quantitative estimate of drug-likeness (QED) is 0.843. The van der Waals surface area contributed by atoms with E-state index in [1.54, 1.807) is 0 Å². The first-order valence-electron chi connectivity index (χ1n) is 3.52. The Balaban J connectivity index is 0.00000225. The van der Waals surface area contributed by atoms with Gasteiger partial charge in [-0.3, -0.25) is 4.55 Å². The van der Waals surface area contributed by atoms with Crippen molar-refractivity contribution in [3.8, 4) is 5.75 Å². The lowest BCUT2D eigenvalue weighted by Gasteiger charge is -2.08. The Hall–Kier alpha value is -0.990. The van der Waals surface area contributed by atoms with Crippen molar-refractivity contribution in [1.29, 1.82) is 0 Å². The molecule has 0 aliphatic rings. The minimum Gasteiger partial charge on any atom is -0.406 e. The SMILES string of the molecule is Cl.O=S(=O)(O)c1cccc(OC(F)(F)F)c1. The molecular weight excluding hydrogens is 273 g/mol. The van der Waals surface area contributed by atoms with Crippen LogP contribution < -0.4 is 4.74 Å². The van der Waals surface area contributed by atoms with Crippen molar-refractivity contribution in [2.75, 3.05) is 0 Å². The Kier molecular flexibility index (Phi) is 4.59. The molecule has 0 heterocycles. The topological polar surface area (TPSA) is 63.6 Å². The molecule has 92 valence electrons. The number of hydrogen-bond acceptors (Lipinski definition) is 3. The summed E-state index contributed by atoms with van der Waals surface area (Å²) in [5.41, 5.74) is 0. The summed E-state index contributed by atoms with van der Waals surface area (Å²) < 4.78 is 68.4. The van der Waals surface area contributed by atoms with Gasteiger partial charge in [-0.2, -0.15) is 8.42 Å². The van der Waals surface area contributed by atoms with Crippen molar-refractivity contribution >= 4 is 22.5 Å². The van der Waals surface area contributed by atoms with Crippen LogP contribution in [-0.2, 0) is 10.1 Å². The van der Waals surface area contributed by atoms with Gasteiger partial charge in [-0.25, -0.2) is 0 Å². The molecule has 0 atom stereocenters. The lowest BCUT2D eigenvalue weighted by Crippen LogP contribution is -2.17. The second kappa shape index (κ2) is 4.89. The third kappa shape index (κ3) is 4.69. The second-order valence-corrected chi connectivity index (χ2v) is 3.92. The zero-order valence-corrected chi connectivity index (χ0v) is 9.06. The number of benzene rings is 1. The van der Waals surface area contributed by atoms with Crippen LogP contribution in [0.2, 0.25) is 0 Å². The van der Waals surface area contributed by atoms with Crippen molar-refractivity contribution in [3.05, 3.63) is 24.3 Å². The van der Waals surface area contributed by atoms with E-state index in [9.17, 15) is 21.6 Å². The predicted octanol–water partition coefficient (Wildman–Crippen LogP) is 2.25. The molecule has 4 nitrogen and oxygen atoms in total. The first-order chi connectivity index (χ1) is 6.68. The van der Waals surface area contributed by atoms with Gasteiger partial charge in [-0.15, -0.1) is 25.6 Å². The van der Waals surface area contributed by atoms with E-state index in [0.717, 1.165) is 18.2 Å². The first kappa shape index (κ1) is 15.0. The molecule has 0 unspecified atom stereocenters. The fourth-order valence-electron chi connectivity index (χ4n) is 0.832. The molecule has 1 aromatic carbocycles. The normalized spacial score (nSPS) is 11.8. The summed E-state index contributed by atoms with van der Waals surface area (Å²) in [6.07, 6.45) is -4.90. The van der Waals surface area contributed by atoms with E-state index in [4.69, 9.17) is 4.55 Å². The molecule has 0 fully saturated rings. The summed E-state index contributed by atoms with van der Waals surface area (Å²) in [4.78, 5) is -0.663. The Morgan fingerprint density at radius 1 is 1.25 bits per heavy atom. The van der Waals surface area contributed by atoms with Gasteiger partial charge in [0.05, 0.1) is 4.90 Å². The monoisotopic (exact) mass is 278 g/mol. The molecule has 0 spiro atoms. The van der Waals surface area contributed by atoms with E-state index in [0.29, 0.717) is 6.07 Å². The molecule has 1 aromatic rings. The third-order valence-electron chi connectivity index (χ3n) is 1.34. The van der Waals surface area contributed by atoms with Crippen molar-refractivity contribution < 1.29 is 30.9 Å². The van der Waals surface area contributed by atoms with Crippen molar-refractivity contribution in [2.24, 2.45) is 0 Å². The Morgan fingerprint density at radius 2 is 1.81 bits per heavy atom. The van der Waals surface area contributed by atoms with Crippen molar-refractivity contribution in [2.45, 2.75) is 11.3 Å². The maximum atomic E-state index is 11.7. The standard InChI is InChI=1S/C7H5F3O4S.ClH/c8-7(9,10)14-5-2-1-3-6(4-5)15(11,12)13;/h1-4H,(H,11,12,13);1H. The summed E-state index contributed by atoms with van der Waals surface area (Å²) in [5.74, 6) is -0.711. The molecule has 0 saturated heterocycles. The molecule has 0 bridgehead atoms. The van der Waals surface area contributed by atoms with Crippen LogP contribution in [0.5, 0.6) is 5.75 Å². The fourth-order valence-corrected chi connectivity index (χ4v) is 1.35. The minimum absolute atomic E-state index is 0. The van der Waals surface area contributed by atoms with E-state index >= 15 is 0 Å². The predicted molar refractivity (Wildman–Crippen MR) is 50.2 cm³/mol. The number of alkyl halides is 3. The van der Waals surface area contributed by atoms with Gasteiger partial charge in [0.2, 0.25) is 0 Å². The van der Waals surface area contributed by atoms with Crippen LogP contribution >= 0.6 is 12.4 Å². The second-order valence-electron chi connectivity index (χ2n) is 2.50. The van der Waals surface area contributed by atoms with E-state index in [2.05, 4.69) is 4.74 Å². The zero-order valence-electron chi connectivity index (χ0n) is 7.43. The summed E-state index contributed by atoms with van der Waals surface area (Å²) in [7, 11) is -4.53. The fraction of sp³-hybridized carbons (Fsp3) is 0.143. The van der Waals surface area contributed by atoms with E-state index in [-0.39, 0.29) is 12.4 Å². The highest BCUT2D eigenvalue weighted by atomic mass is 35.5. The summed E-state index contributed by atoms with van der Waals surface area (Å²) in [6, 6.07) is 3.45. The maximum Gasteiger partial charge on any atom is 0.573 e. The lowest BCUT2D eigenvalue weighted by atomic mass is 10.3. The molecule has 9 heteroatoms. The molecular formula is C7H6ClF3O4S. The Labute approximate surface area is 95.2 Å². The molecule has 1 N–H and O–H groups in total. The van der Waals surface area contributed by atoms with Gasteiger partial charge < -0.3 is 4.74 Å². The van der Waals surface area contributed by atoms with Gasteiger partial charge in [0, 0.05) is 6.07 Å². The van der Waals surface area contributed by atoms with E-state index < -0.39 is 27.1 Å². The minimum atomic E-state index is -4.90. The van der Waals surface area contributed by atoms with Crippen molar-refractivity contribution in [1.82, 2.24) is 0 Å². The Morgan fingerprint density at radius 3 is 2.25 bits per heavy atom. The molecule has 0 amide bonds.